The van der Waals surface area contributed by atoms with Gasteiger partial charge in [-0.2, -0.15) is 0 Å². The molecule has 1 aromatic carbocycles. The second-order valence-corrected chi connectivity index (χ2v) is 5.92. The van der Waals surface area contributed by atoms with Crippen LogP contribution in [0.25, 0.3) is 0 Å². The van der Waals surface area contributed by atoms with E-state index in [1.165, 1.54) is 22.0 Å². The van der Waals surface area contributed by atoms with Gasteiger partial charge in [0.2, 0.25) is 0 Å². The second-order valence-electron chi connectivity index (χ2n) is 4.67. The number of oxime groups is 1. The molecule has 0 atom stereocenters. The fourth-order valence-corrected chi connectivity index (χ4v) is 2.32. The van der Waals surface area contributed by atoms with Gasteiger partial charge in [-0.1, -0.05) is 17.3 Å². The molecule has 0 heterocycles. The monoisotopic (exact) mass is 359 g/mol. The maximum atomic E-state index is 8.57. The van der Waals surface area contributed by atoms with Gasteiger partial charge in [-0.3, -0.25) is 4.90 Å². The molecule has 0 saturated heterocycles. The summed E-state index contributed by atoms with van der Waals surface area (Å²) in [6, 6.07) is 9.27. The first-order valence-electron chi connectivity index (χ1n) is 6.14. The summed E-state index contributed by atoms with van der Waals surface area (Å²) in [6.07, 6.45) is 3.15. The van der Waals surface area contributed by atoms with Crippen molar-refractivity contribution >= 4 is 28.4 Å². The van der Waals surface area contributed by atoms with Gasteiger partial charge in [0.05, 0.1) is 0 Å². The molecule has 1 fully saturated rings. The van der Waals surface area contributed by atoms with Gasteiger partial charge < -0.3 is 10.9 Å². The highest BCUT2D eigenvalue weighted by Gasteiger charge is 2.28. The van der Waals surface area contributed by atoms with E-state index in [4.69, 9.17) is 10.9 Å². The van der Waals surface area contributed by atoms with Crippen molar-refractivity contribution in [1.29, 1.82) is 0 Å². The summed E-state index contributed by atoms with van der Waals surface area (Å²) < 4.78 is 1.26. The topological polar surface area (TPSA) is 61.8 Å². The molecule has 0 spiro atoms. The van der Waals surface area contributed by atoms with Crippen molar-refractivity contribution in [2.45, 2.75) is 31.8 Å². The van der Waals surface area contributed by atoms with E-state index in [2.05, 4.69) is 56.9 Å². The standard InChI is InChI=1S/C13H18IN3O/c14-11-3-1-10(2-4-11)9-17(12-5-6-12)8-7-13(15)16-18/h1-4,12,18H,5-9H2,(H2,15,16). The summed E-state index contributed by atoms with van der Waals surface area (Å²) in [6.45, 7) is 1.80. The Balaban J connectivity index is 1.92. The lowest BCUT2D eigenvalue weighted by Gasteiger charge is -2.21. The largest absolute Gasteiger partial charge is 0.409 e. The van der Waals surface area contributed by atoms with Gasteiger partial charge in [0, 0.05) is 29.1 Å². The third-order valence-corrected chi connectivity index (χ3v) is 3.86. The minimum atomic E-state index is 0.309. The summed E-state index contributed by atoms with van der Waals surface area (Å²) in [5, 5.41) is 11.6. The Labute approximate surface area is 121 Å². The lowest BCUT2D eigenvalue weighted by atomic mass is 10.2. The van der Waals surface area contributed by atoms with Crippen LogP contribution in [0.15, 0.2) is 29.4 Å². The summed E-state index contributed by atoms with van der Waals surface area (Å²) in [7, 11) is 0. The Morgan fingerprint density at radius 1 is 1.39 bits per heavy atom. The second kappa shape index (κ2) is 6.38. The predicted molar refractivity (Wildman–Crippen MR) is 80.6 cm³/mol. The molecule has 1 saturated carbocycles. The first-order chi connectivity index (χ1) is 8.69. The number of halogens is 1. The first-order valence-corrected chi connectivity index (χ1v) is 7.22. The van der Waals surface area contributed by atoms with E-state index in [0.717, 1.165) is 13.1 Å². The molecule has 4 nitrogen and oxygen atoms in total. The zero-order chi connectivity index (χ0) is 13.0. The maximum absolute atomic E-state index is 8.57. The fraction of sp³-hybridized carbons (Fsp3) is 0.462. The van der Waals surface area contributed by atoms with Crippen molar-refractivity contribution in [1.82, 2.24) is 4.90 Å². The summed E-state index contributed by atoms with van der Waals surface area (Å²) in [5.41, 5.74) is 6.85. The molecule has 98 valence electrons. The van der Waals surface area contributed by atoms with Crippen molar-refractivity contribution in [2.24, 2.45) is 10.9 Å². The maximum Gasteiger partial charge on any atom is 0.140 e. The highest BCUT2D eigenvalue weighted by molar-refractivity contribution is 14.1. The molecule has 0 aliphatic heterocycles. The molecule has 18 heavy (non-hydrogen) atoms. The van der Waals surface area contributed by atoms with Crippen LogP contribution in [-0.4, -0.2) is 28.5 Å². The quantitative estimate of drug-likeness (QED) is 0.270. The van der Waals surface area contributed by atoms with Crippen LogP contribution in [-0.2, 0) is 6.54 Å². The molecular weight excluding hydrogens is 341 g/mol. The van der Waals surface area contributed by atoms with Crippen LogP contribution < -0.4 is 5.73 Å². The lowest BCUT2D eigenvalue weighted by molar-refractivity contribution is 0.259. The molecule has 0 bridgehead atoms. The Morgan fingerprint density at radius 3 is 2.61 bits per heavy atom. The zero-order valence-electron chi connectivity index (χ0n) is 10.2. The number of benzene rings is 1. The zero-order valence-corrected chi connectivity index (χ0v) is 12.4. The molecule has 0 aromatic heterocycles. The number of nitrogens with two attached hydrogens (primary N) is 1. The van der Waals surface area contributed by atoms with Crippen LogP contribution in [0.5, 0.6) is 0 Å². The normalized spacial score (nSPS) is 16.2. The summed E-state index contributed by atoms with van der Waals surface area (Å²) in [5.74, 6) is 0.309. The average molecular weight is 359 g/mol. The minimum absolute atomic E-state index is 0.309. The molecule has 1 aromatic rings. The highest BCUT2D eigenvalue weighted by Crippen LogP contribution is 2.28. The molecule has 0 amide bonds. The van der Waals surface area contributed by atoms with Gasteiger partial charge in [0.15, 0.2) is 0 Å². The van der Waals surface area contributed by atoms with Gasteiger partial charge in [0.25, 0.3) is 0 Å². The molecular formula is C13H18IN3O. The lowest BCUT2D eigenvalue weighted by Crippen LogP contribution is -2.29. The van der Waals surface area contributed by atoms with Crippen molar-refractivity contribution in [3.05, 3.63) is 33.4 Å². The predicted octanol–water partition coefficient (Wildman–Crippen LogP) is 2.39. The number of nitrogens with zero attached hydrogens (tertiary/aromatic N) is 2. The third-order valence-electron chi connectivity index (χ3n) is 3.15. The Bertz CT molecular complexity index is 415. The summed E-state index contributed by atoms with van der Waals surface area (Å²) >= 11 is 2.31. The first kappa shape index (κ1) is 13.6. The number of hydrogen-bond donors (Lipinski definition) is 2. The molecule has 0 radical (unpaired) electrons. The van der Waals surface area contributed by atoms with Crippen molar-refractivity contribution in [2.75, 3.05) is 6.54 Å². The van der Waals surface area contributed by atoms with Gasteiger partial charge in [-0.15, -0.1) is 0 Å². The highest BCUT2D eigenvalue weighted by atomic mass is 127. The Morgan fingerprint density at radius 2 is 2.06 bits per heavy atom. The van der Waals surface area contributed by atoms with Crippen LogP contribution in [0.1, 0.15) is 24.8 Å². The van der Waals surface area contributed by atoms with E-state index < -0.39 is 0 Å². The van der Waals surface area contributed by atoms with Gasteiger partial charge in [-0.25, -0.2) is 0 Å². The van der Waals surface area contributed by atoms with Crippen LogP contribution in [0, 0.1) is 3.57 Å². The Kier molecular flexibility index (Phi) is 4.82. The van der Waals surface area contributed by atoms with Crippen LogP contribution in [0.2, 0.25) is 0 Å². The van der Waals surface area contributed by atoms with E-state index in [0.29, 0.717) is 18.3 Å². The van der Waals surface area contributed by atoms with Crippen LogP contribution in [0.4, 0.5) is 0 Å². The number of hydrogen-bond acceptors (Lipinski definition) is 3. The van der Waals surface area contributed by atoms with E-state index >= 15 is 0 Å². The van der Waals surface area contributed by atoms with Crippen molar-refractivity contribution < 1.29 is 5.21 Å². The summed E-state index contributed by atoms with van der Waals surface area (Å²) in [4.78, 5) is 2.42. The fourth-order valence-electron chi connectivity index (χ4n) is 1.96. The molecule has 3 N–H and O–H groups in total. The minimum Gasteiger partial charge on any atom is -0.409 e. The number of amidine groups is 1. The van der Waals surface area contributed by atoms with E-state index in [1.807, 2.05) is 0 Å². The van der Waals surface area contributed by atoms with Crippen LogP contribution in [0.3, 0.4) is 0 Å². The third kappa shape index (κ3) is 4.13. The van der Waals surface area contributed by atoms with Gasteiger partial charge >= 0.3 is 0 Å². The molecule has 5 heteroatoms. The number of rotatable bonds is 6. The van der Waals surface area contributed by atoms with E-state index in [-0.39, 0.29) is 0 Å². The van der Waals surface area contributed by atoms with Crippen LogP contribution >= 0.6 is 22.6 Å². The van der Waals surface area contributed by atoms with Gasteiger partial charge in [0.1, 0.15) is 5.84 Å². The van der Waals surface area contributed by atoms with Crippen molar-refractivity contribution in [3.8, 4) is 0 Å². The molecule has 0 unspecified atom stereocenters. The Hall–Kier alpha value is -0.820. The SMILES string of the molecule is NC(CCN(Cc1ccc(I)cc1)C1CC1)=NO. The molecule has 1 aliphatic carbocycles. The van der Waals surface area contributed by atoms with Gasteiger partial charge in [-0.05, 0) is 53.1 Å². The molecule has 1 aliphatic rings. The van der Waals surface area contributed by atoms with E-state index in [1.54, 1.807) is 0 Å². The molecule has 2 rings (SSSR count). The van der Waals surface area contributed by atoms with E-state index in [9.17, 15) is 0 Å². The smallest absolute Gasteiger partial charge is 0.140 e. The average Bonchev–Trinajstić information content (AvgIpc) is 3.20. The van der Waals surface area contributed by atoms with Crippen molar-refractivity contribution in [3.63, 3.8) is 0 Å².